The van der Waals surface area contributed by atoms with Crippen LogP contribution in [0.3, 0.4) is 0 Å². The number of hydrogen-bond donors (Lipinski definition) is 0. The van der Waals surface area contributed by atoms with Gasteiger partial charge in [-0.3, -0.25) is 9.59 Å². The van der Waals surface area contributed by atoms with E-state index < -0.39 is 5.97 Å². The number of carbonyl (C=O) groups excluding carboxylic acids is 2. The first kappa shape index (κ1) is 19.3. The summed E-state index contributed by atoms with van der Waals surface area (Å²) in [6, 6.07) is 15.1. The quantitative estimate of drug-likeness (QED) is 0.534. The number of rotatable bonds is 7. The lowest BCUT2D eigenvalue weighted by Crippen LogP contribution is -2.33. The van der Waals surface area contributed by atoms with Gasteiger partial charge >= 0.3 is 5.97 Å². The van der Waals surface area contributed by atoms with Crippen LogP contribution < -0.4 is 0 Å². The maximum absolute atomic E-state index is 12.3. The summed E-state index contributed by atoms with van der Waals surface area (Å²) >= 11 is 7.58. The molecule has 0 heterocycles. The van der Waals surface area contributed by atoms with E-state index in [2.05, 4.69) is 0 Å². The van der Waals surface area contributed by atoms with Crippen molar-refractivity contribution in [2.45, 2.75) is 17.6 Å². The lowest BCUT2D eigenvalue weighted by molar-refractivity contribution is -0.143. The largest absolute Gasteiger partial charge is 0.465 e. The van der Waals surface area contributed by atoms with Crippen LogP contribution in [0.4, 0.5) is 0 Å². The van der Waals surface area contributed by atoms with Gasteiger partial charge in [-0.15, -0.1) is 11.8 Å². The fourth-order valence-electron chi connectivity index (χ4n) is 2.13. The van der Waals surface area contributed by atoms with Crippen LogP contribution in [0.5, 0.6) is 0 Å². The van der Waals surface area contributed by atoms with E-state index in [4.69, 9.17) is 16.3 Å². The lowest BCUT2D eigenvalue weighted by Gasteiger charge is -2.16. The average molecular weight is 378 g/mol. The molecule has 0 spiro atoms. The summed E-state index contributed by atoms with van der Waals surface area (Å²) in [5, 5.41) is 0.721. The van der Waals surface area contributed by atoms with Crippen molar-refractivity contribution in [3.63, 3.8) is 0 Å². The fraction of sp³-hybridized carbons (Fsp3) is 0.263. The van der Waals surface area contributed by atoms with Gasteiger partial charge in [-0.2, -0.15) is 0 Å². The molecule has 0 fully saturated rings. The summed E-state index contributed by atoms with van der Waals surface area (Å²) in [6.07, 6.45) is 0. The number of ether oxygens (including phenoxy) is 1. The van der Waals surface area contributed by atoms with Gasteiger partial charge in [-0.25, -0.2) is 0 Å². The molecule has 2 aromatic carbocycles. The molecule has 6 heteroatoms. The van der Waals surface area contributed by atoms with Crippen molar-refractivity contribution < 1.29 is 14.3 Å². The Morgan fingerprint density at radius 3 is 2.32 bits per heavy atom. The molecule has 0 aliphatic carbocycles. The zero-order valence-electron chi connectivity index (χ0n) is 14.2. The molecule has 0 N–H and O–H groups in total. The highest BCUT2D eigenvalue weighted by molar-refractivity contribution is 7.98. The van der Waals surface area contributed by atoms with Gasteiger partial charge in [0.05, 0.1) is 6.61 Å². The summed E-state index contributed by atoms with van der Waals surface area (Å²) < 4.78 is 4.86. The first-order valence-electron chi connectivity index (χ1n) is 7.88. The van der Waals surface area contributed by atoms with Crippen LogP contribution in [0.15, 0.2) is 53.4 Å². The van der Waals surface area contributed by atoms with Gasteiger partial charge < -0.3 is 9.64 Å². The molecule has 0 bridgehead atoms. The third-order valence-corrected chi connectivity index (χ3v) is 4.77. The van der Waals surface area contributed by atoms with E-state index in [-0.39, 0.29) is 12.5 Å². The fourth-order valence-corrected chi connectivity index (χ4v) is 3.11. The van der Waals surface area contributed by atoms with E-state index in [1.54, 1.807) is 37.9 Å². The molecule has 0 saturated carbocycles. The topological polar surface area (TPSA) is 46.6 Å². The van der Waals surface area contributed by atoms with Crippen molar-refractivity contribution in [2.24, 2.45) is 0 Å². The molecule has 0 aliphatic rings. The molecule has 0 unspecified atom stereocenters. The predicted octanol–water partition coefficient (Wildman–Crippen LogP) is 4.27. The van der Waals surface area contributed by atoms with Crippen LogP contribution in [0.2, 0.25) is 5.02 Å². The first-order chi connectivity index (χ1) is 12.0. The van der Waals surface area contributed by atoms with E-state index in [0.29, 0.717) is 12.2 Å². The highest BCUT2D eigenvalue weighted by Gasteiger charge is 2.15. The Morgan fingerprint density at radius 2 is 1.72 bits per heavy atom. The average Bonchev–Trinajstić information content (AvgIpc) is 2.61. The van der Waals surface area contributed by atoms with Crippen LogP contribution in [0.1, 0.15) is 22.8 Å². The molecule has 1 amide bonds. The second-order valence-corrected chi connectivity index (χ2v) is 6.89. The Kier molecular flexibility index (Phi) is 7.34. The molecular weight excluding hydrogens is 358 g/mol. The van der Waals surface area contributed by atoms with E-state index in [1.165, 1.54) is 4.90 Å². The van der Waals surface area contributed by atoms with Gasteiger partial charge in [0, 0.05) is 28.3 Å². The minimum absolute atomic E-state index is 0.0547. The highest BCUT2D eigenvalue weighted by atomic mass is 35.5. The van der Waals surface area contributed by atoms with Crippen molar-refractivity contribution >= 4 is 35.2 Å². The molecule has 2 rings (SSSR count). The van der Waals surface area contributed by atoms with Crippen LogP contribution in [0.25, 0.3) is 0 Å². The van der Waals surface area contributed by atoms with Gasteiger partial charge in [0.25, 0.3) is 5.91 Å². The number of likely N-dealkylation sites (N-methyl/N-ethyl adjacent to an activating group) is 1. The molecule has 0 atom stereocenters. The van der Waals surface area contributed by atoms with Gasteiger partial charge in [0.1, 0.15) is 6.54 Å². The number of esters is 1. The summed E-state index contributed by atoms with van der Waals surface area (Å²) in [7, 11) is 1.59. The van der Waals surface area contributed by atoms with Gasteiger partial charge in [0.15, 0.2) is 0 Å². The van der Waals surface area contributed by atoms with Crippen LogP contribution in [-0.2, 0) is 15.3 Å². The zero-order valence-corrected chi connectivity index (χ0v) is 15.8. The number of halogens is 1. The van der Waals surface area contributed by atoms with Crippen molar-refractivity contribution in [3.8, 4) is 0 Å². The third-order valence-electron chi connectivity index (χ3n) is 3.44. The van der Waals surface area contributed by atoms with E-state index in [0.717, 1.165) is 21.2 Å². The highest BCUT2D eigenvalue weighted by Crippen LogP contribution is 2.24. The number of nitrogens with zero attached hydrogens (tertiary/aromatic N) is 1. The third kappa shape index (κ3) is 6.11. The van der Waals surface area contributed by atoms with E-state index in [1.807, 2.05) is 36.4 Å². The Labute approximate surface area is 157 Å². The minimum Gasteiger partial charge on any atom is -0.465 e. The molecular formula is C19H20ClNO3S. The second kappa shape index (κ2) is 9.49. The van der Waals surface area contributed by atoms with Crippen molar-refractivity contribution in [3.05, 3.63) is 64.7 Å². The molecule has 0 saturated heterocycles. The molecule has 0 aromatic heterocycles. The Balaban J connectivity index is 1.91. The summed E-state index contributed by atoms with van der Waals surface area (Å²) in [5.41, 5.74) is 1.66. The molecule has 0 radical (unpaired) electrons. The van der Waals surface area contributed by atoms with E-state index in [9.17, 15) is 9.59 Å². The predicted molar refractivity (Wildman–Crippen MR) is 101 cm³/mol. The molecule has 25 heavy (non-hydrogen) atoms. The van der Waals surface area contributed by atoms with E-state index >= 15 is 0 Å². The Hall–Kier alpha value is -1.98. The second-order valence-electron chi connectivity index (χ2n) is 5.41. The maximum atomic E-state index is 12.3. The number of carbonyl (C=O) groups is 2. The summed E-state index contributed by atoms with van der Waals surface area (Å²) in [4.78, 5) is 26.3. The molecule has 0 aliphatic heterocycles. The number of benzene rings is 2. The van der Waals surface area contributed by atoms with Gasteiger partial charge in [0.2, 0.25) is 0 Å². The number of thioether (sulfide) groups is 1. The number of hydrogen-bond acceptors (Lipinski definition) is 4. The van der Waals surface area contributed by atoms with Gasteiger partial charge in [-0.05, 0) is 48.9 Å². The SMILES string of the molecule is CCOC(=O)CN(C)C(=O)c1ccc(CSc2ccc(Cl)cc2)cc1. The molecule has 4 nitrogen and oxygen atoms in total. The van der Waals surface area contributed by atoms with Crippen LogP contribution in [-0.4, -0.2) is 37.0 Å². The minimum atomic E-state index is -0.408. The Morgan fingerprint density at radius 1 is 1.08 bits per heavy atom. The number of amides is 1. The Bertz CT molecular complexity index is 716. The van der Waals surface area contributed by atoms with Crippen molar-refractivity contribution in [1.29, 1.82) is 0 Å². The lowest BCUT2D eigenvalue weighted by atomic mass is 10.1. The van der Waals surface area contributed by atoms with Crippen molar-refractivity contribution in [2.75, 3.05) is 20.2 Å². The van der Waals surface area contributed by atoms with Crippen LogP contribution in [0, 0.1) is 0 Å². The summed E-state index contributed by atoms with van der Waals surface area (Å²) in [5.74, 6) is 0.189. The van der Waals surface area contributed by atoms with Crippen molar-refractivity contribution in [1.82, 2.24) is 4.90 Å². The summed E-state index contributed by atoms with van der Waals surface area (Å²) in [6.45, 7) is 1.99. The zero-order chi connectivity index (χ0) is 18.2. The van der Waals surface area contributed by atoms with Crippen LogP contribution >= 0.6 is 23.4 Å². The normalized spacial score (nSPS) is 10.4. The van der Waals surface area contributed by atoms with Gasteiger partial charge in [-0.1, -0.05) is 23.7 Å². The smallest absolute Gasteiger partial charge is 0.325 e. The maximum Gasteiger partial charge on any atom is 0.325 e. The molecule has 2 aromatic rings. The first-order valence-corrected chi connectivity index (χ1v) is 9.24. The standard InChI is InChI=1S/C19H20ClNO3S/c1-3-24-18(22)12-21(2)19(23)15-6-4-14(5-7-15)13-25-17-10-8-16(20)9-11-17/h4-11H,3,12-13H2,1-2H3. The monoisotopic (exact) mass is 377 g/mol. The molecule has 132 valence electrons.